The van der Waals surface area contributed by atoms with E-state index in [9.17, 15) is 9.18 Å². The van der Waals surface area contributed by atoms with Crippen LogP contribution in [0.1, 0.15) is 5.76 Å². The van der Waals surface area contributed by atoms with Crippen molar-refractivity contribution in [2.24, 2.45) is 0 Å². The molecule has 0 saturated carbocycles. The van der Waals surface area contributed by atoms with Gasteiger partial charge in [-0.3, -0.25) is 10.1 Å². The van der Waals surface area contributed by atoms with Crippen molar-refractivity contribution >= 4 is 40.9 Å². The van der Waals surface area contributed by atoms with E-state index in [2.05, 4.69) is 10.6 Å². The SMILES string of the molecule is O=C1NC(=S)NC1=Cc1ccc(-c2ccc(F)c(Cl)c2)o1. The third-order valence-corrected chi connectivity index (χ3v) is 3.33. The van der Waals surface area contributed by atoms with E-state index in [-0.39, 0.29) is 16.0 Å². The average molecular weight is 323 g/mol. The Bertz CT molecular complexity index is 785. The molecule has 4 nitrogen and oxygen atoms in total. The third-order valence-electron chi connectivity index (χ3n) is 2.84. The molecule has 1 amide bonds. The molecule has 3 rings (SSSR count). The van der Waals surface area contributed by atoms with Crippen molar-refractivity contribution in [1.82, 2.24) is 10.6 Å². The second-order valence-electron chi connectivity index (χ2n) is 4.30. The number of furan rings is 1. The second kappa shape index (κ2) is 5.31. The fraction of sp³-hybridized carbons (Fsp3) is 0. The van der Waals surface area contributed by atoms with Crippen LogP contribution >= 0.6 is 23.8 Å². The highest BCUT2D eigenvalue weighted by Gasteiger charge is 2.20. The van der Waals surface area contributed by atoms with Crippen LogP contribution in [-0.4, -0.2) is 11.0 Å². The van der Waals surface area contributed by atoms with Gasteiger partial charge in [0, 0.05) is 11.6 Å². The number of hydrogen-bond acceptors (Lipinski definition) is 3. The van der Waals surface area contributed by atoms with Crippen molar-refractivity contribution in [1.29, 1.82) is 0 Å². The molecule has 0 spiro atoms. The van der Waals surface area contributed by atoms with Crippen LogP contribution in [-0.2, 0) is 4.79 Å². The summed E-state index contributed by atoms with van der Waals surface area (Å²) in [6.07, 6.45) is 1.53. The molecule has 1 aromatic carbocycles. The Labute approximate surface area is 129 Å². The Morgan fingerprint density at radius 2 is 2.05 bits per heavy atom. The van der Waals surface area contributed by atoms with Gasteiger partial charge in [-0.2, -0.15) is 0 Å². The van der Waals surface area contributed by atoms with Crippen molar-refractivity contribution in [3.8, 4) is 11.3 Å². The molecule has 2 N–H and O–H groups in total. The summed E-state index contributed by atoms with van der Waals surface area (Å²) >= 11 is 10.6. The van der Waals surface area contributed by atoms with E-state index >= 15 is 0 Å². The maximum absolute atomic E-state index is 13.1. The van der Waals surface area contributed by atoms with Crippen LogP contribution in [0.15, 0.2) is 40.4 Å². The van der Waals surface area contributed by atoms with Crippen molar-refractivity contribution in [3.63, 3.8) is 0 Å². The topological polar surface area (TPSA) is 54.3 Å². The molecule has 0 atom stereocenters. The van der Waals surface area contributed by atoms with Crippen LogP contribution < -0.4 is 10.6 Å². The number of amides is 1. The van der Waals surface area contributed by atoms with E-state index in [1.807, 2.05) is 0 Å². The highest BCUT2D eigenvalue weighted by atomic mass is 35.5. The molecule has 0 radical (unpaired) electrons. The molecule has 1 aromatic heterocycles. The van der Waals surface area contributed by atoms with Crippen molar-refractivity contribution in [2.75, 3.05) is 0 Å². The smallest absolute Gasteiger partial charge is 0.274 e. The summed E-state index contributed by atoms with van der Waals surface area (Å²) in [4.78, 5) is 11.5. The van der Waals surface area contributed by atoms with Gasteiger partial charge in [-0.05, 0) is 42.5 Å². The van der Waals surface area contributed by atoms with Gasteiger partial charge in [-0.25, -0.2) is 4.39 Å². The molecule has 106 valence electrons. The Hall–Kier alpha value is -2.18. The predicted octanol–water partition coefficient (Wildman–Crippen LogP) is 3.08. The molecular weight excluding hydrogens is 315 g/mol. The number of nitrogens with one attached hydrogen (secondary N) is 2. The first-order valence-electron chi connectivity index (χ1n) is 5.92. The maximum Gasteiger partial charge on any atom is 0.274 e. The summed E-state index contributed by atoms with van der Waals surface area (Å²) in [6, 6.07) is 7.70. The van der Waals surface area contributed by atoms with E-state index in [0.29, 0.717) is 22.8 Å². The molecule has 2 aromatic rings. The fourth-order valence-corrected chi connectivity index (χ4v) is 2.24. The molecule has 0 unspecified atom stereocenters. The molecule has 1 saturated heterocycles. The zero-order valence-corrected chi connectivity index (χ0v) is 12.0. The van der Waals surface area contributed by atoms with E-state index in [1.54, 1.807) is 18.2 Å². The summed E-state index contributed by atoms with van der Waals surface area (Å²) in [7, 11) is 0. The number of thiocarbonyl (C=S) groups is 1. The van der Waals surface area contributed by atoms with Crippen molar-refractivity contribution in [3.05, 3.63) is 52.6 Å². The monoisotopic (exact) mass is 322 g/mol. The first-order valence-corrected chi connectivity index (χ1v) is 6.71. The molecular formula is C14H8ClFN2O2S. The summed E-state index contributed by atoms with van der Waals surface area (Å²) < 4.78 is 18.7. The van der Waals surface area contributed by atoms with Gasteiger partial charge in [0.15, 0.2) is 5.11 Å². The first kappa shape index (κ1) is 13.8. The third kappa shape index (κ3) is 2.81. The van der Waals surface area contributed by atoms with Crippen LogP contribution in [0.3, 0.4) is 0 Å². The Morgan fingerprint density at radius 3 is 2.71 bits per heavy atom. The Kier molecular flexibility index (Phi) is 3.48. The minimum atomic E-state index is -0.491. The Morgan fingerprint density at radius 1 is 1.24 bits per heavy atom. The van der Waals surface area contributed by atoms with Crippen molar-refractivity contribution in [2.45, 2.75) is 0 Å². The number of carbonyl (C=O) groups excluding carboxylic acids is 1. The quantitative estimate of drug-likeness (QED) is 0.659. The number of halogens is 2. The minimum Gasteiger partial charge on any atom is -0.457 e. The van der Waals surface area contributed by atoms with Crippen LogP contribution in [0.5, 0.6) is 0 Å². The first-order chi connectivity index (χ1) is 10.0. The van der Waals surface area contributed by atoms with Gasteiger partial charge in [-0.1, -0.05) is 11.6 Å². The predicted molar refractivity (Wildman–Crippen MR) is 81.0 cm³/mol. The lowest BCUT2D eigenvalue weighted by atomic mass is 10.2. The molecule has 7 heteroatoms. The molecule has 1 fully saturated rings. The van der Waals surface area contributed by atoms with Crippen molar-refractivity contribution < 1.29 is 13.6 Å². The van der Waals surface area contributed by atoms with E-state index in [4.69, 9.17) is 28.2 Å². The van der Waals surface area contributed by atoms with E-state index < -0.39 is 5.82 Å². The van der Waals surface area contributed by atoms with Gasteiger partial charge >= 0.3 is 0 Å². The fourth-order valence-electron chi connectivity index (χ4n) is 1.86. The normalized spacial score (nSPS) is 16.2. The average Bonchev–Trinajstić information content (AvgIpc) is 3.01. The van der Waals surface area contributed by atoms with Gasteiger partial charge in [0.05, 0.1) is 5.02 Å². The lowest BCUT2D eigenvalue weighted by molar-refractivity contribution is -0.115. The lowest BCUT2D eigenvalue weighted by Gasteiger charge is -1.99. The van der Waals surface area contributed by atoms with Crippen LogP contribution in [0.25, 0.3) is 17.4 Å². The lowest BCUT2D eigenvalue weighted by Crippen LogP contribution is -2.21. The molecule has 1 aliphatic heterocycles. The van der Waals surface area contributed by atoms with Gasteiger partial charge in [0.2, 0.25) is 0 Å². The summed E-state index contributed by atoms with van der Waals surface area (Å²) in [5, 5.41) is 5.44. The van der Waals surface area contributed by atoms with Crippen LogP contribution in [0.4, 0.5) is 4.39 Å². The minimum absolute atomic E-state index is 0.0194. The Balaban J connectivity index is 1.90. The zero-order valence-electron chi connectivity index (χ0n) is 10.4. The molecule has 2 heterocycles. The molecule has 21 heavy (non-hydrogen) atoms. The van der Waals surface area contributed by atoms with Gasteiger partial charge < -0.3 is 9.73 Å². The second-order valence-corrected chi connectivity index (χ2v) is 5.11. The summed E-state index contributed by atoms with van der Waals surface area (Å²) in [6.45, 7) is 0. The van der Waals surface area contributed by atoms with Gasteiger partial charge in [0.1, 0.15) is 23.0 Å². The summed E-state index contributed by atoms with van der Waals surface area (Å²) in [5.74, 6) is 0.176. The largest absolute Gasteiger partial charge is 0.457 e. The van der Waals surface area contributed by atoms with Gasteiger partial charge in [-0.15, -0.1) is 0 Å². The molecule has 0 aliphatic carbocycles. The van der Waals surface area contributed by atoms with Crippen LogP contribution in [0.2, 0.25) is 5.02 Å². The highest BCUT2D eigenvalue weighted by molar-refractivity contribution is 7.80. The standard InChI is InChI=1S/C14H8ClFN2O2S/c15-9-5-7(1-3-10(9)16)12-4-2-8(20-12)6-11-13(19)18-14(21)17-11/h1-6H,(H2,17,18,19,21). The molecule has 1 aliphatic rings. The highest BCUT2D eigenvalue weighted by Crippen LogP contribution is 2.27. The number of rotatable bonds is 2. The van der Waals surface area contributed by atoms with E-state index in [1.165, 1.54) is 18.2 Å². The molecule has 0 bridgehead atoms. The zero-order chi connectivity index (χ0) is 15.0. The number of hydrogen-bond donors (Lipinski definition) is 2. The van der Waals surface area contributed by atoms with Crippen LogP contribution in [0, 0.1) is 5.82 Å². The number of benzene rings is 1. The summed E-state index contributed by atoms with van der Waals surface area (Å²) in [5.41, 5.74) is 0.948. The number of carbonyl (C=O) groups is 1. The van der Waals surface area contributed by atoms with Gasteiger partial charge in [0.25, 0.3) is 5.91 Å². The maximum atomic E-state index is 13.1. The van der Waals surface area contributed by atoms with E-state index in [0.717, 1.165) is 0 Å².